The van der Waals surface area contributed by atoms with Crippen LogP contribution in [-0.2, 0) is 0 Å². The second kappa shape index (κ2) is 7.96. The van der Waals surface area contributed by atoms with E-state index < -0.39 is 0 Å². The minimum Gasteiger partial charge on any atom is -0.353 e. The summed E-state index contributed by atoms with van der Waals surface area (Å²) in [5.41, 5.74) is 12.0. The number of anilines is 1. The molecule has 0 bridgehead atoms. The van der Waals surface area contributed by atoms with Gasteiger partial charge in [0.1, 0.15) is 17.3 Å². The Hall–Kier alpha value is -4.63. The van der Waals surface area contributed by atoms with Crippen molar-refractivity contribution in [3.63, 3.8) is 0 Å². The summed E-state index contributed by atoms with van der Waals surface area (Å²) in [6.07, 6.45) is 5.25. The van der Waals surface area contributed by atoms with Crippen LogP contribution in [0.1, 0.15) is 0 Å². The van der Waals surface area contributed by atoms with Crippen LogP contribution in [0.15, 0.2) is 73.2 Å². The summed E-state index contributed by atoms with van der Waals surface area (Å²) in [5, 5.41) is 9.33. The van der Waals surface area contributed by atoms with Crippen LogP contribution < -0.4 is 10.6 Å². The lowest BCUT2D eigenvalue weighted by molar-refractivity contribution is 0.514. The SMILES string of the molecule is NC1CN(c2cncc(-c3cnc4[nH]nc(-c5cc6c(-c7ccccc7F)cccc6[nH]5)c4c3)n2)C1. The lowest BCUT2D eigenvalue weighted by Crippen LogP contribution is -2.56. The number of hydrogen-bond acceptors (Lipinski definition) is 6. The Kier molecular flexibility index (Phi) is 4.58. The van der Waals surface area contributed by atoms with Crippen LogP contribution in [0.2, 0.25) is 0 Å². The third kappa shape index (κ3) is 3.32. The maximum Gasteiger partial charge on any atom is 0.155 e. The Morgan fingerprint density at radius 1 is 0.944 bits per heavy atom. The molecule has 6 aromatic rings. The number of hydrogen-bond donors (Lipinski definition) is 3. The zero-order valence-electron chi connectivity index (χ0n) is 19.1. The average molecular weight is 477 g/mol. The molecular formula is C27H21FN8. The van der Waals surface area contributed by atoms with Crippen LogP contribution >= 0.6 is 0 Å². The number of rotatable bonds is 4. The van der Waals surface area contributed by atoms with Gasteiger partial charge >= 0.3 is 0 Å². The summed E-state index contributed by atoms with van der Waals surface area (Å²) < 4.78 is 14.6. The second-order valence-corrected chi connectivity index (χ2v) is 9.05. The molecule has 2 aromatic carbocycles. The van der Waals surface area contributed by atoms with Gasteiger partial charge in [0.25, 0.3) is 0 Å². The number of pyridine rings is 1. The molecule has 0 atom stereocenters. The number of halogens is 1. The molecule has 36 heavy (non-hydrogen) atoms. The number of fused-ring (bicyclic) bond motifs is 2. The first-order valence-electron chi connectivity index (χ1n) is 11.7. The van der Waals surface area contributed by atoms with Gasteiger partial charge in [-0.15, -0.1) is 0 Å². The number of aromatic nitrogens is 6. The third-order valence-electron chi connectivity index (χ3n) is 6.65. The number of aromatic amines is 2. The van der Waals surface area contributed by atoms with Crippen molar-refractivity contribution in [2.45, 2.75) is 6.04 Å². The zero-order valence-corrected chi connectivity index (χ0v) is 19.1. The standard InChI is InChI=1S/C27H21FN8/c28-21-6-2-1-4-18(21)17-5-3-7-22-19(17)9-23(32-22)26-20-8-15(10-31-27(20)35-34-26)24-11-30-12-25(33-24)36-13-16(29)14-36/h1-12,16,32H,13-14,29H2,(H,31,34,35). The Bertz CT molecular complexity index is 1750. The van der Waals surface area contributed by atoms with E-state index in [1.54, 1.807) is 30.7 Å². The van der Waals surface area contributed by atoms with E-state index in [9.17, 15) is 4.39 Å². The van der Waals surface area contributed by atoms with Crippen LogP contribution in [0.25, 0.3) is 55.7 Å². The van der Waals surface area contributed by atoms with E-state index in [-0.39, 0.29) is 11.9 Å². The van der Waals surface area contributed by atoms with Gasteiger partial charge in [-0.2, -0.15) is 5.10 Å². The normalized spacial score (nSPS) is 14.0. The van der Waals surface area contributed by atoms with Crippen LogP contribution in [-0.4, -0.2) is 49.3 Å². The molecule has 1 saturated heterocycles. The molecule has 1 fully saturated rings. The molecule has 0 saturated carbocycles. The van der Waals surface area contributed by atoms with Gasteiger partial charge in [-0.05, 0) is 29.8 Å². The fourth-order valence-corrected chi connectivity index (χ4v) is 4.79. The molecule has 1 aliphatic heterocycles. The van der Waals surface area contributed by atoms with Crippen LogP contribution in [0, 0.1) is 5.82 Å². The van der Waals surface area contributed by atoms with Crippen molar-refractivity contribution in [1.29, 1.82) is 0 Å². The van der Waals surface area contributed by atoms with Crippen LogP contribution in [0.3, 0.4) is 0 Å². The van der Waals surface area contributed by atoms with Crippen molar-refractivity contribution in [1.82, 2.24) is 30.1 Å². The van der Waals surface area contributed by atoms with E-state index in [1.165, 1.54) is 6.07 Å². The van der Waals surface area contributed by atoms with Crippen LogP contribution in [0.5, 0.6) is 0 Å². The Labute approximate surface area is 205 Å². The van der Waals surface area contributed by atoms with Crippen molar-refractivity contribution in [2.24, 2.45) is 5.73 Å². The fourth-order valence-electron chi connectivity index (χ4n) is 4.79. The lowest BCUT2D eigenvalue weighted by Gasteiger charge is -2.37. The molecule has 0 radical (unpaired) electrons. The summed E-state index contributed by atoms with van der Waals surface area (Å²) in [6.45, 7) is 1.55. The van der Waals surface area contributed by atoms with Crippen molar-refractivity contribution in [3.8, 4) is 33.8 Å². The van der Waals surface area contributed by atoms with E-state index >= 15 is 0 Å². The average Bonchev–Trinajstić information content (AvgIpc) is 3.51. The minimum absolute atomic E-state index is 0.178. The zero-order chi connectivity index (χ0) is 24.2. The number of nitrogens with zero attached hydrogens (tertiary/aromatic N) is 5. The van der Waals surface area contributed by atoms with Gasteiger partial charge < -0.3 is 15.6 Å². The Balaban J connectivity index is 1.32. The van der Waals surface area contributed by atoms with Gasteiger partial charge in [0.05, 0.1) is 23.8 Å². The van der Waals surface area contributed by atoms with Gasteiger partial charge in [-0.3, -0.25) is 10.1 Å². The predicted molar refractivity (Wildman–Crippen MR) is 138 cm³/mol. The highest BCUT2D eigenvalue weighted by Crippen LogP contribution is 2.35. The molecule has 0 unspecified atom stereocenters. The maximum atomic E-state index is 14.6. The van der Waals surface area contributed by atoms with Gasteiger partial charge in [-0.1, -0.05) is 30.3 Å². The molecular weight excluding hydrogens is 455 g/mol. The number of benzene rings is 2. The summed E-state index contributed by atoms with van der Waals surface area (Å²) in [5.74, 6) is 0.549. The Morgan fingerprint density at radius 2 is 1.81 bits per heavy atom. The first kappa shape index (κ1) is 20.7. The highest BCUT2D eigenvalue weighted by molar-refractivity contribution is 6.01. The van der Waals surface area contributed by atoms with E-state index in [1.807, 2.05) is 36.4 Å². The highest BCUT2D eigenvalue weighted by atomic mass is 19.1. The Morgan fingerprint density at radius 3 is 2.67 bits per heavy atom. The van der Waals surface area contributed by atoms with E-state index in [4.69, 9.17) is 10.7 Å². The van der Waals surface area contributed by atoms with E-state index in [0.717, 1.165) is 63.4 Å². The van der Waals surface area contributed by atoms with Crippen molar-refractivity contribution in [3.05, 3.63) is 79.0 Å². The predicted octanol–water partition coefficient (Wildman–Crippen LogP) is 4.52. The minimum atomic E-state index is -0.254. The summed E-state index contributed by atoms with van der Waals surface area (Å²) in [7, 11) is 0. The van der Waals surface area contributed by atoms with Crippen molar-refractivity contribution in [2.75, 3.05) is 18.0 Å². The number of nitrogens with two attached hydrogens (primary N) is 1. The second-order valence-electron chi connectivity index (χ2n) is 9.05. The van der Waals surface area contributed by atoms with E-state index in [2.05, 4.69) is 30.0 Å². The molecule has 0 amide bonds. The molecule has 8 nitrogen and oxygen atoms in total. The topological polar surface area (TPSA) is 112 Å². The smallest absolute Gasteiger partial charge is 0.155 e. The van der Waals surface area contributed by atoms with Crippen molar-refractivity contribution < 1.29 is 4.39 Å². The van der Waals surface area contributed by atoms with Crippen LogP contribution in [0.4, 0.5) is 10.2 Å². The van der Waals surface area contributed by atoms with Gasteiger partial charge in [-0.25, -0.2) is 14.4 Å². The van der Waals surface area contributed by atoms with Gasteiger partial charge in [0.2, 0.25) is 0 Å². The summed E-state index contributed by atoms with van der Waals surface area (Å²) in [6, 6.07) is 16.8. The fraction of sp³-hybridized carbons (Fsp3) is 0.111. The molecule has 4 aromatic heterocycles. The molecule has 0 spiro atoms. The molecule has 7 rings (SSSR count). The maximum absolute atomic E-state index is 14.6. The molecule has 176 valence electrons. The first-order valence-corrected chi connectivity index (χ1v) is 11.7. The van der Waals surface area contributed by atoms with Crippen molar-refractivity contribution >= 4 is 27.8 Å². The molecule has 0 aliphatic carbocycles. The monoisotopic (exact) mass is 476 g/mol. The van der Waals surface area contributed by atoms with E-state index in [0.29, 0.717) is 11.2 Å². The third-order valence-corrected chi connectivity index (χ3v) is 6.65. The van der Waals surface area contributed by atoms with Gasteiger partial charge in [0, 0.05) is 52.7 Å². The molecule has 9 heteroatoms. The molecule has 5 heterocycles. The number of H-pyrrole nitrogens is 2. The molecule has 4 N–H and O–H groups in total. The summed E-state index contributed by atoms with van der Waals surface area (Å²) in [4.78, 5) is 19.3. The largest absolute Gasteiger partial charge is 0.353 e. The quantitative estimate of drug-likeness (QED) is 0.345. The van der Waals surface area contributed by atoms with Gasteiger partial charge in [0.15, 0.2) is 5.65 Å². The highest BCUT2D eigenvalue weighted by Gasteiger charge is 2.25. The summed E-state index contributed by atoms with van der Waals surface area (Å²) >= 11 is 0. The first-order chi connectivity index (χ1) is 17.6. The molecule has 1 aliphatic rings. The number of nitrogens with one attached hydrogen (secondary N) is 2. The lowest BCUT2D eigenvalue weighted by atomic mass is 10.0.